The summed E-state index contributed by atoms with van der Waals surface area (Å²) < 4.78 is 0. The van der Waals surface area contributed by atoms with Gasteiger partial charge in [-0.3, -0.25) is 0 Å². The average Bonchev–Trinajstić information content (AvgIpc) is 2.94. The van der Waals surface area contributed by atoms with Crippen LogP contribution in [0.2, 0.25) is 19.6 Å². The van der Waals surface area contributed by atoms with Gasteiger partial charge >= 0.3 is 0 Å². The van der Waals surface area contributed by atoms with Gasteiger partial charge in [0.25, 0.3) is 0 Å². The molecule has 152 valence electrons. The molecule has 4 rings (SSSR count). The molecular weight excluding hydrogens is 348 g/mol. The van der Waals surface area contributed by atoms with Crippen molar-refractivity contribution in [3.05, 3.63) is 0 Å². The fourth-order valence-electron chi connectivity index (χ4n) is 8.08. The summed E-state index contributed by atoms with van der Waals surface area (Å²) in [4.78, 5) is 0. The van der Waals surface area contributed by atoms with Crippen molar-refractivity contribution in [3.63, 3.8) is 0 Å². The quantitative estimate of drug-likeness (QED) is 0.453. The third-order valence-corrected chi connectivity index (χ3v) is 10.2. The second kappa shape index (κ2) is 5.86. The van der Waals surface area contributed by atoms with Gasteiger partial charge in [-0.2, -0.15) is 0 Å². The SMILES string of the molecule is C[C@@]1(O)CC2CCC3C(CC[C@@]4(C)C3CC[C@@]4(O)C#C[Si](C)(C)C)[C@@]2(C)C1. The molecule has 0 amide bonds. The maximum absolute atomic E-state index is 11.6. The van der Waals surface area contributed by atoms with Crippen molar-refractivity contribution in [1.82, 2.24) is 0 Å². The second-order valence-corrected chi connectivity index (χ2v) is 17.1. The first-order valence-corrected chi connectivity index (χ1v) is 14.8. The maximum atomic E-state index is 11.6. The molecule has 4 aliphatic carbocycles. The lowest BCUT2D eigenvalue weighted by Crippen LogP contribution is -2.54. The molecule has 0 bridgehead atoms. The molecule has 2 N–H and O–H groups in total. The molecule has 4 unspecified atom stereocenters. The standard InChI is InChI=1S/C24H40O2Si/c1-21(25)15-17-7-8-18-19(22(17,2)16-21)9-11-23(3)20(18)10-12-24(23,26)13-14-27(4,5)6/h17-20,25-26H,7-12,15-16H2,1-6H3/t17?,18?,19?,20?,21-,22+,23+,24-/m1/s1. The van der Waals surface area contributed by atoms with Gasteiger partial charge in [-0.05, 0) is 87.4 Å². The van der Waals surface area contributed by atoms with Gasteiger partial charge in [0.05, 0.1) is 5.60 Å². The van der Waals surface area contributed by atoms with Gasteiger partial charge in [0.2, 0.25) is 0 Å². The van der Waals surface area contributed by atoms with Crippen molar-refractivity contribution < 1.29 is 10.2 Å². The fourth-order valence-corrected chi connectivity index (χ4v) is 8.66. The predicted octanol–water partition coefficient (Wildman–Crippen LogP) is 5.00. The summed E-state index contributed by atoms with van der Waals surface area (Å²) in [7, 11) is -1.49. The summed E-state index contributed by atoms with van der Waals surface area (Å²) in [6, 6.07) is 0. The van der Waals surface area contributed by atoms with Crippen LogP contribution in [0.5, 0.6) is 0 Å². The maximum Gasteiger partial charge on any atom is 0.130 e. The van der Waals surface area contributed by atoms with Crippen molar-refractivity contribution in [2.45, 2.75) is 103 Å². The highest BCUT2D eigenvalue weighted by atomic mass is 28.3. The van der Waals surface area contributed by atoms with Crippen molar-refractivity contribution in [2.24, 2.45) is 34.5 Å². The Bertz CT molecular complexity index is 683. The van der Waals surface area contributed by atoms with Crippen LogP contribution in [0.15, 0.2) is 0 Å². The minimum atomic E-state index is -1.49. The van der Waals surface area contributed by atoms with E-state index in [0.717, 1.165) is 38.0 Å². The number of hydrogen-bond donors (Lipinski definition) is 2. The number of rotatable bonds is 0. The van der Waals surface area contributed by atoms with Crippen LogP contribution in [0.25, 0.3) is 0 Å². The fraction of sp³-hybridized carbons (Fsp3) is 0.917. The van der Waals surface area contributed by atoms with Gasteiger partial charge < -0.3 is 10.2 Å². The van der Waals surface area contributed by atoms with Crippen molar-refractivity contribution in [1.29, 1.82) is 0 Å². The highest BCUT2D eigenvalue weighted by Gasteiger charge is 2.65. The normalized spacial score (nSPS) is 54.5. The van der Waals surface area contributed by atoms with E-state index in [2.05, 4.69) is 51.9 Å². The minimum Gasteiger partial charge on any atom is -0.390 e. The zero-order valence-corrected chi connectivity index (χ0v) is 19.4. The van der Waals surface area contributed by atoms with E-state index in [1.165, 1.54) is 19.3 Å². The Labute approximate surface area is 167 Å². The van der Waals surface area contributed by atoms with E-state index >= 15 is 0 Å². The minimum absolute atomic E-state index is 0.0505. The molecule has 27 heavy (non-hydrogen) atoms. The van der Waals surface area contributed by atoms with Crippen LogP contribution in [-0.2, 0) is 0 Å². The van der Waals surface area contributed by atoms with Gasteiger partial charge in [0, 0.05) is 5.41 Å². The van der Waals surface area contributed by atoms with Crippen LogP contribution in [-0.4, -0.2) is 29.5 Å². The Morgan fingerprint density at radius 1 is 0.889 bits per heavy atom. The third-order valence-electron chi connectivity index (χ3n) is 9.31. The van der Waals surface area contributed by atoms with Crippen molar-refractivity contribution in [3.8, 4) is 11.5 Å². The van der Waals surface area contributed by atoms with E-state index in [9.17, 15) is 10.2 Å². The molecule has 0 aliphatic heterocycles. The first-order chi connectivity index (χ1) is 12.3. The zero-order chi connectivity index (χ0) is 19.9. The van der Waals surface area contributed by atoms with Gasteiger partial charge in [-0.15, -0.1) is 5.54 Å². The molecule has 0 aromatic carbocycles. The van der Waals surface area contributed by atoms with E-state index in [-0.39, 0.29) is 5.41 Å². The molecule has 2 nitrogen and oxygen atoms in total. The molecule has 0 aromatic rings. The Kier molecular flexibility index (Phi) is 4.34. The van der Waals surface area contributed by atoms with Gasteiger partial charge in [0.15, 0.2) is 0 Å². The van der Waals surface area contributed by atoms with Crippen LogP contribution in [0, 0.1) is 46.0 Å². The van der Waals surface area contributed by atoms with Gasteiger partial charge in [-0.1, -0.05) is 39.4 Å². The summed E-state index contributed by atoms with van der Waals surface area (Å²) in [6.45, 7) is 13.7. The smallest absolute Gasteiger partial charge is 0.130 e. The lowest BCUT2D eigenvalue weighted by molar-refractivity contribution is -0.120. The van der Waals surface area contributed by atoms with Crippen molar-refractivity contribution in [2.75, 3.05) is 0 Å². The number of aliphatic hydroxyl groups is 2. The van der Waals surface area contributed by atoms with E-state index in [4.69, 9.17) is 0 Å². The molecule has 4 aliphatic rings. The molecule has 8 atom stereocenters. The largest absolute Gasteiger partial charge is 0.390 e. The Morgan fingerprint density at radius 2 is 1.56 bits per heavy atom. The molecule has 0 heterocycles. The molecule has 0 spiro atoms. The van der Waals surface area contributed by atoms with Gasteiger partial charge in [0.1, 0.15) is 13.7 Å². The molecule has 0 radical (unpaired) electrons. The van der Waals surface area contributed by atoms with Crippen LogP contribution >= 0.6 is 0 Å². The van der Waals surface area contributed by atoms with Crippen LogP contribution in [0.4, 0.5) is 0 Å². The third kappa shape index (κ3) is 2.97. The highest BCUT2D eigenvalue weighted by Crippen LogP contribution is 2.69. The predicted molar refractivity (Wildman–Crippen MR) is 114 cm³/mol. The number of fused-ring (bicyclic) bond motifs is 5. The van der Waals surface area contributed by atoms with Crippen LogP contribution in [0.3, 0.4) is 0 Å². The monoisotopic (exact) mass is 388 g/mol. The molecule has 4 fully saturated rings. The Hall–Kier alpha value is -0.303. The summed E-state index contributed by atoms with van der Waals surface area (Å²) in [5.74, 6) is 6.14. The lowest BCUT2D eigenvalue weighted by Gasteiger charge is -2.58. The molecular formula is C24H40O2Si. The number of hydrogen-bond acceptors (Lipinski definition) is 2. The molecule has 3 heteroatoms. The second-order valence-electron chi connectivity index (χ2n) is 12.4. The summed E-state index contributed by atoms with van der Waals surface area (Å²) in [5.41, 5.74) is 2.47. The first-order valence-electron chi connectivity index (χ1n) is 11.3. The molecule has 0 saturated heterocycles. The van der Waals surface area contributed by atoms with E-state index in [0.29, 0.717) is 23.2 Å². The Morgan fingerprint density at radius 3 is 2.22 bits per heavy atom. The van der Waals surface area contributed by atoms with Crippen LogP contribution < -0.4 is 0 Å². The summed E-state index contributed by atoms with van der Waals surface area (Å²) in [5, 5.41) is 22.4. The van der Waals surface area contributed by atoms with E-state index < -0.39 is 19.3 Å². The van der Waals surface area contributed by atoms with Gasteiger partial charge in [-0.25, -0.2) is 0 Å². The van der Waals surface area contributed by atoms with E-state index in [1.54, 1.807) is 0 Å². The summed E-state index contributed by atoms with van der Waals surface area (Å²) >= 11 is 0. The van der Waals surface area contributed by atoms with Crippen LogP contribution in [0.1, 0.15) is 72.1 Å². The molecule has 0 aromatic heterocycles. The summed E-state index contributed by atoms with van der Waals surface area (Å²) in [6.07, 6.45) is 8.80. The zero-order valence-electron chi connectivity index (χ0n) is 18.4. The lowest BCUT2D eigenvalue weighted by atomic mass is 9.47. The first kappa shape index (κ1) is 20.0. The van der Waals surface area contributed by atoms with E-state index in [1.807, 2.05) is 0 Å². The highest BCUT2D eigenvalue weighted by molar-refractivity contribution is 6.83. The molecule has 4 saturated carbocycles. The average molecular weight is 389 g/mol. The topological polar surface area (TPSA) is 40.5 Å². The Balaban J connectivity index is 1.64. The van der Waals surface area contributed by atoms with Crippen molar-refractivity contribution >= 4 is 8.07 Å².